The average Bonchev–Trinajstić information content (AvgIpc) is 3.13. The number of anilines is 2. The van der Waals surface area contributed by atoms with Gasteiger partial charge >= 0.3 is 5.97 Å². The smallest absolute Gasteiger partial charge is 0.337 e. The van der Waals surface area contributed by atoms with E-state index in [4.69, 9.17) is 0 Å². The van der Waals surface area contributed by atoms with Crippen molar-refractivity contribution < 1.29 is 14.7 Å². The molecule has 94 valence electrons. The summed E-state index contributed by atoms with van der Waals surface area (Å²) in [5.74, 6) is -0.547. The number of para-hydroxylation sites is 1. The van der Waals surface area contributed by atoms with Gasteiger partial charge in [0.05, 0.1) is 16.9 Å². The van der Waals surface area contributed by atoms with E-state index in [0.29, 0.717) is 23.7 Å². The zero-order chi connectivity index (χ0) is 12.7. The van der Waals surface area contributed by atoms with Crippen molar-refractivity contribution in [2.24, 2.45) is 5.92 Å². The van der Waals surface area contributed by atoms with Gasteiger partial charge in [0.1, 0.15) is 0 Å². The molecule has 0 aromatic heterocycles. The van der Waals surface area contributed by atoms with Crippen LogP contribution in [-0.2, 0) is 4.79 Å². The summed E-state index contributed by atoms with van der Waals surface area (Å²) in [6.07, 6.45) is 2.61. The van der Waals surface area contributed by atoms with E-state index in [2.05, 4.69) is 10.6 Å². The molecule has 0 radical (unpaired) electrons. The van der Waals surface area contributed by atoms with Gasteiger partial charge < -0.3 is 15.7 Å². The molecule has 1 saturated carbocycles. The van der Waals surface area contributed by atoms with E-state index in [9.17, 15) is 14.7 Å². The van der Waals surface area contributed by atoms with Crippen LogP contribution in [0.4, 0.5) is 11.4 Å². The normalized spacial score (nSPS) is 22.4. The molecule has 1 atom stereocenters. The molecule has 1 unspecified atom stereocenters. The maximum Gasteiger partial charge on any atom is 0.337 e. The third-order valence-corrected chi connectivity index (χ3v) is 3.50. The van der Waals surface area contributed by atoms with E-state index in [1.54, 1.807) is 18.2 Å². The van der Waals surface area contributed by atoms with Crippen LogP contribution in [0.5, 0.6) is 0 Å². The molecular weight excluding hydrogens is 232 g/mol. The molecule has 18 heavy (non-hydrogen) atoms. The Morgan fingerprint density at radius 2 is 2.11 bits per heavy atom. The summed E-state index contributed by atoms with van der Waals surface area (Å²) in [6.45, 7) is 0. The number of carbonyl (C=O) groups is 2. The number of aromatic carboxylic acids is 1. The van der Waals surface area contributed by atoms with E-state index >= 15 is 0 Å². The number of hydrogen-bond donors (Lipinski definition) is 3. The Morgan fingerprint density at radius 3 is 2.78 bits per heavy atom. The predicted molar refractivity (Wildman–Crippen MR) is 66.8 cm³/mol. The summed E-state index contributed by atoms with van der Waals surface area (Å²) in [4.78, 5) is 23.0. The number of fused-ring (bicyclic) bond motifs is 1. The molecule has 3 rings (SSSR count). The zero-order valence-electron chi connectivity index (χ0n) is 9.77. The minimum absolute atomic E-state index is 0.0479. The fraction of sp³-hybridized carbons (Fsp3) is 0.385. The van der Waals surface area contributed by atoms with Gasteiger partial charge in [-0.2, -0.15) is 0 Å². The largest absolute Gasteiger partial charge is 0.478 e. The summed E-state index contributed by atoms with van der Waals surface area (Å²) in [6, 6.07) is 4.96. The third kappa shape index (κ3) is 1.92. The number of hydrogen-bond acceptors (Lipinski definition) is 3. The maximum atomic E-state index is 11.8. The molecule has 5 nitrogen and oxygen atoms in total. The van der Waals surface area contributed by atoms with Gasteiger partial charge in [-0.25, -0.2) is 4.79 Å². The Hall–Kier alpha value is -2.04. The van der Waals surface area contributed by atoms with E-state index in [0.717, 1.165) is 12.8 Å². The molecule has 0 spiro atoms. The number of carbonyl (C=O) groups excluding carboxylic acids is 1. The summed E-state index contributed by atoms with van der Waals surface area (Å²) in [5, 5.41) is 15.2. The van der Waals surface area contributed by atoms with Crippen molar-refractivity contribution in [1.29, 1.82) is 0 Å². The second-order valence-electron chi connectivity index (χ2n) is 4.87. The molecule has 5 heteroatoms. The third-order valence-electron chi connectivity index (χ3n) is 3.50. The van der Waals surface area contributed by atoms with Gasteiger partial charge in [-0.3, -0.25) is 4.79 Å². The van der Waals surface area contributed by atoms with Crippen molar-refractivity contribution in [2.45, 2.75) is 25.3 Å². The number of amides is 1. The van der Waals surface area contributed by atoms with Crippen molar-refractivity contribution in [3.05, 3.63) is 23.8 Å². The van der Waals surface area contributed by atoms with Crippen molar-refractivity contribution in [3.63, 3.8) is 0 Å². The molecule has 1 aliphatic heterocycles. The highest BCUT2D eigenvalue weighted by atomic mass is 16.4. The lowest BCUT2D eigenvalue weighted by molar-refractivity contribution is -0.116. The molecule has 1 aromatic carbocycles. The standard InChI is InChI=1S/C13H14N2O3/c16-11-6-10(7-4-5-7)15-12-8(13(17)18)2-1-3-9(12)14-11/h1-3,7,10,15H,4-6H2,(H,14,16)(H,17,18). The first-order chi connectivity index (χ1) is 8.65. The van der Waals surface area contributed by atoms with Gasteiger partial charge in [-0.1, -0.05) is 6.07 Å². The Morgan fingerprint density at radius 1 is 1.33 bits per heavy atom. The topological polar surface area (TPSA) is 78.4 Å². The molecule has 0 bridgehead atoms. The lowest BCUT2D eigenvalue weighted by atomic mass is 10.1. The van der Waals surface area contributed by atoms with Gasteiger partial charge in [0.25, 0.3) is 0 Å². The van der Waals surface area contributed by atoms with Crippen molar-refractivity contribution >= 4 is 23.3 Å². The van der Waals surface area contributed by atoms with Gasteiger partial charge in [0.2, 0.25) is 5.91 Å². The first kappa shape index (κ1) is 11.1. The van der Waals surface area contributed by atoms with Crippen LogP contribution >= 0.6 is 0 Å². The fourth-order valence-electron chi connectivity index (χ4n) is 2.41. The summed E-state index contributed by atoms with van der Waals surface area (Å²) in [7, 11) is 0. The van der Waals surface area contributed by atoms with Gasteiger partial charge in [-0.15, -0.1) is 0 Å². The molecule has 3 N–H and O–H groups in total. The van der Waals surface area contributed by atoms with E-state index in [-0.39, 0.29) is 17.5 Å². The quantitative estimate of drug-likeness (QED) is 0.745. The summed E-state index contributed by atoms with van der Waals surface area (Å²) < 4.78 is 0. The monoisotopic (exact) mass is 246 g/mol. The van der Waals surface area contributed by atoms with Crippen LogP contribution in [0.15, 0.2) is 18.2 Å². The molecule has 2 aliphatic rings. The maximum absolute atomic E-state index is 11.8. The van der Waals surface area contributed by atoms with Crippen LogP contribution in [0.3, 0.4) is 0 Å². The summed E-state index contributed by atoms with van der Waals surface area (Å²) >= 11 is 0. The molecule has 1 heterocycles. The minimum atomic E-state index is -0.981. The average molecular weight is 246 g/mol. The number of carboxylic acids is 1. The predicted octanol–water partition coefficient (Wildman–Crippen LogP) is 1.92. The minimum Gasteiger partial charge on any atom is -0.478 e. The number of nitrogens with one attached hydrogen (secondary N) is 2. The van der Waals surface area contributed by atoms with E-state index < -0.39 is 5.97 Å². The van der Waals surface area contributed by atoms with Crippen molar-refractivity contribution in [3.8, 4) is 0 Å². The second kappa shape index (κ2) is 4.01. The SMILES string of the molecule is O=C1CC(C2CC2)Nc2c(cccc2C(=O)O)N1. The van der Waals surface area contributed by atoms with Crippen LogP contribution in [0.2, 0.25) is 0 Å². The van der Waals surface area contributed by atoms with Gasteiger partial charge in [0.15, 0.2) is 0 Å². The highest BCUT2D eigenvalue weighted by Crippen LogP contribution is 2.39. The van der Waals surface area contributed by atoms with Crippen molar-refractivity contribution in [1.82, 2.24) is 0 Å². The lowest BCUT2D eigenvalue weighted by Crippen LogP contribution is -2.25. The van der Waals surface area contributed by atoms with E-state index in [1.807, 2.05) is 0 Å². The first-order valence-corrected chi connectivity index (χ1v) is 6.08. The number of carboxylic acid groups (broad SMARTS) is 1. The Balaban J connectivity index is 2.03. The highest BCUT2D eigenvalue weighted by Gasteiger charge is 2.35. The molecule has 1 amide bonds. The lowest BCUT2D eigenvalue weighted by Gasteiger charge is -2.17. The van der Waals surface area contributed by atoms with Crippen LogP contribution in [0, 0.1) is 5.92 Å². The van der Waals surface area contributed by atoms with Crippen LogP contribution < -0.4 is 10.6 Å². The molecule has 1 aromatic rings. The fourth-order valence-corrected chi connectivity index (χ4v) is 2.41. The van der Waals surface area contributed by atoms with Crippen LogP contribution in [-0.4, -0.2) is 23.0 Å². The Labute approximate surface area is 104 Å². The summed E-state index contributed by atoms with van der Waals surface area (Å²) in [5.41, 5.74) is 1.30. The molecule has 1 fully saturated rings. The van der Waals surface area contributed by atoms with Gasteiger partial charge in [0, 0.05) is 12.5 Å². The Kier molecular flexibility index (Phi) is 2.47. The number of benzene rings is 1. The van der Waals surface area contributed by atoms with Crippen LogP contribution in [0.25, 0.3) is 0 Å². The highest BCUT2D eigenvalue weighted by molar-refractivity contribution is 6.03. The molecule has 1 aliphatic carbocycles. The zero-order valence-corrected chi connectivity index (χ0v) is 9.77. The Bertz CT molecular complexity index is 523. The van der Waals surface area contributed by atoms with E-state index in [1.165, 1.54) is 0 Å². The molecule has 0 saturated heterocycles. The van der Waals surface area contributed by atoms with Crippen molar-refractivity contribution in [2.75, 3.05) is 10.6 Å². The second-order valence-corrected chi connectivity index (χ2v) is 4.87. The van der Waals surface area contributed by atoms with Crippen LogP contribution in [0.1, 0.15) is 29.6 Å². The molecular formula is C13H14N2O3. The first-order valence-electron chi connectivity index (χ1n) is 6.08. The number of rotatable bonds is 2. The van der Waals surface area contributed by atoms with Gasteiger partial charge in [-0.05, 0) is 30.9 Å².